The number of phenolic OH excluding ortho intramolecular Hbond substituents is 1. The summed E-state index contributed by atoms with van der Waals surface area (Å²) in [5, 5.41) is 9.18. The normalized spacial score (nSPS) is 10.1. The molecule has 0 radical (unpaired) electrons. The molecule has 0 unspecified atom stereocenters. The number of hydrogen-bond acceptors (Lipinski definition) is 2. The smallest absolute Gasteiger partial charge is 0.116 e. The van der Waals surface area contributed by atoms with Gasteiger partial charge in [-0.2, -0.15) is 0 Å². The number of nitrogen functional groups attached to an aromatic ring is 1. The molecule has 0 aromatic heterocycles. The van der Waals surface area contributed by atoms with Crippen LogP contribution in [0.2, 0.25) is 0 Å². The van der Waals surface area contributed by atoms with E-state index in [1.54, 1.807) is 18.2 Å². The molecule has 0 fully saturated rings. The molecule has 1 aromatic rings. The quantitative estimate of drug-likeness (QED) is 0.533. The maximum Gasteiger partial charge on any atom is 0.116 e. The molecule has 2 nitrogen and oxygen atoms in total. The Kier molecular flexibility index (Phi) is 2.97. The molecule has 0 heterocycles. The van der Waals surface area contributed by atoms with Gasteiger partial charge in [-0.15, -0.1) is 0 Å². The molecule has 0 saturated heterocycles. The van der Waals surface area contributed by atoms with Crippen LogP contribution in [0.25, 0.3) is 0 Å². The third-order valence-corrected chi connectivity index (χ3v) is 1.93. The van der Waals surface area contributed by atoms with E-state index in [1.807, 2.05) is 0 Å². The maximum atomic E-state index is 9.18. The lowest BCUT2D eigenvalue weighted by Crippen LogP contribution is -1.93. The van der Waals surface area contributed by atoms with Gasteiger partial charge in [0.05, 0.1) is 0 Å². The Bertz CT molecular complexity index is 258. The average Bonchev–Trinajstić information content (AvgIpc) is 2.07. The third kappa shape index (κ3) is 2.16. The largest absolute Gasteiger partial charge is 0.508 e. The van der Waals surface area contributed by atoms with Crippen molar-refractivity contribution in [2.45, 2.75) is 26.2 Å². The van der Waals surface area contributed by atoms with Crippen molar-refractivity contribution >= 4 is 5.69 Å². The molecule has 1 aromatic carbocycles. The number of phenols is 1. The molecule has 12 heavy (non-hydrogen) atoms. The van der Waals surface area contributed by atoms with Crippen LogP contribution in [0.3, 0.4) is 0 Å². The van der Waals surface area contributed by atoms with Crippen molar-refractivity contribution < 1.29 is 5.11 Å². The first-order valence-electron chi connectivity index (χ1n) is 4.31. The molecule has 0 spiro atoms. The number of benzene rings is 1. The fourth-order valence-electron chi connectivity index (χ4n) is 1.18. The average molecular weight is 165 g/mol. The van der Waals surface area contributed by atoms with Gasteiger partial charge in [0.15, 0.2) is 0 Å². The predicted molar refractivity (Wildman–Crippen MR) is 51.1 cm³/mol. The minimum Gasteiger partial charge on any atom is -0.508 e. The van der Waals surface area contributed by atoms with E-state index in [0.29, 0.717) is 5.75 Å². The molecule has 0 aliphatic rings. The molecule has 0 aliphatic carbocycles. The summed E-state index contributed by atoms with van der Waals surface area (Å²) in [5.41, 5.74) is 7.55. The molecule has 0 bridgehead atoms. The zero-order valence-corrected chi connectivity index (χ0v) is 7.38. The van der Waals surface area contributed by atoms with Crippen molar-refractivity contribution in [3.63, 3.8) is 0 Å². The zero-order chi connectivity index (χ0) is 8.97. The van der Waals surface area contributed by atoms with Crippen LogP contribution in [-0.4, -0.2) is 5.11 Å². The van der Waals surface area contributed by atoms with Crippen LogP contribution >= 0.6 is 0 Å². The lowest BCUT2D eigenvalue weighted by atomic mass is 10.1. The third-order valence-electron chi connectivity index (χ3n) is 1.93. The van der Waals surface area contributed by atoms with Crippen LogP contribution in [0.1, 0.15) is 25.3 Å². The van der Waals surface area contributed by atoms with E-state index in [4.69, 9.17) is 5.73 Å². The lowest BCUT2D eigenvalue weighted by Gasteiger charge is -2.04. The van der Waals surface area contributed by atoms with E-state index in [9.17, 15) is 5.11 Å². The summed E-state index contributed by atoms with van der Waals surface area (Å²) in [6.07, 6.45) is 3.22. The maximum absolute atomic E-state index is 9.18. The molecule has 0 atom stereocenters. The summed E-state index contributed by atoms with van der Waals surface area (Å²) >= 11 is 0. The van der Waals surface area contributed by atoms with E-state index in [0.717, 1.165) is 30.5 Å². The highest BCUT2D eigenvalue weighted by Gasteiger charge is 1.99. The highest BCUT2D eigenvalue weighted by molar-refractivity contribution is 5.50. The summed E-state index contributed by atoms with van der Waals surface area (Å²) in [6.45, 7) is 2.14. The minimum atomic E-state index is 0.301. The van der Waals surface area contributed by atoms with Crippen molar-refractivity contribution in [1.82, 2.24) is 0 Å². The molecule has 3 N–H and O–H groups in total. The summed E-state index contributed by atoms with van der Waals surface area (Å²) < 4.78 is 0. The SMILES string of the molecule is CCCCc1cc(O)ccc1N. The van der Waals surface area contributed by atoms with Gasteiger partial charge in [0, 0.05) is 5.69 Å². The van der Waals surface area contributed by atoms with Crippen LogP contribution in [0.15, 0.2) is 18.2 Å². The van der Waals surface area contributed by atoms with Gasteiger partial charge in [-0.25, -0.2) is 0 Å². The molecule has 0 saturated carbocycles. The van der Waals surface area contributed by atoms with Gasteiger partial charge in [0.1, 0.15) is 5.75 Å². The van der Waals surface area contributed by atoms with Gasteiger partial charge in [-0.1, -0.05) is 13.3 Å². The van der Waals surface area contributed by atoms with E-state index in [-0.39, 0.29) is 0 Å². The first-order valence-corrected chi connectivity index (χ1v) is 4.31. The van der Waals surface area contributed by atoms with Crippen LogP contribution in [-0.2, 0) is 6.42 Å². The Morgan fingerprint density at radius 2 is 2.17 bits per heavy atom. The van der Waals surface area contributed by atoms with Crippen molar-refractivity contribution in [2.75, 3.05) is 5.73 Å². The first kappa shape index (κ1) is 8.91. The summed E-state index contributed by atoms with van der Waals surface area (Å²) in [5.74, 6) is 0.301. The summed E-state index contributed by atoms with van der Waals surface area (Å²) in [7, 11) is 0. The Morgan fingerprint density at radius 1 is 1.42 bits per heavy atom. The van der Waals surface area contributed by atoms with Gasteiger partial charge in [-0.05, 0) is 36.6 Å². The number of aryl methyl sites for hydroxylation is 1. The number of rotatable bonds is 3. The second kappa shape index (κ2) is 4.00. The Hall–Kier alpha value is -1.18. The van der Waals surface area contributed by atoms with Gasteiger partial charge < -0.3 is 10.8 Å². The monoisotopic (exact) mass is 165 g/mol. The Labute approximate surface area is 73.0 Å². The van der Waals surface area contributed by atoms with Crippen LogP contribution in [0.4, 0.5) is 5.69 Å². The molecule has 2 heteroatoms. The molecule has 1 rings (SSSR count). The van der Waals surface area contributed by atoms with Crippen LogP contribution in [0.5, 0.6) is 5.75 Å². The number of nitrogens with two attached hydrogens (primary N) is 1. The molecule has 0 amide bonds. The Morgan fingerprint density at radius 3 is 2.83 bits per heavy atom. The highest BCUT2D eigenvalue weighted by atomic mass is 16.3. The van der Waals surface area contributed by atoms with Crippen LogP contribution < -0.4 is 5.73 Å². The molecular formula is C10H15NO. The van der Waals surface area contributed by atoms with Crippen molar-refractivity contribution in [2.24, 2.45) is 0 Å². The number of aromatic hydroxyl groups is 1. The topological polar surface area (TPSA) is 46.2 Å². The van der Waals surface area contributed by atoms with Gasteiger partial charge in [0.25, 0.3) is 0 Å². The fourth-order valence-corrected chi connectivity index (χ4v) is 1.18. The predicted octanol–water partition coefficient (Wildman–Crippen LogP) is 2.32. The van der Waals surface area contributed by atoms with Crippen molar-refractivity contribution in [1.29, 1.82) is 0 Å². The first-order chi connectivity index (χ1) is 5.74. The zero-order valence-electron chi connectivity index (χ0n) is 7.38. The lowest BCUT2D eigenvalue weighted by molar-refractivity contribution is 0.474. The number of anilines is 1. The number of unbranched alkanes of at least 4 members (excludes halogenated alkanes) is 1. The van der Waals surface area contributed by atoms with Crippen molar-refractivity contribution in [3.8, 4) is 5.75 Å². The summed E-state index contributed by atoms with van der Waals surface area (Å²) in [4.78, 5) is 0. The van der Waals surface area contributed by atoms with Gasteiger partial charge >= 0.3 is 0 Å². The van der Waals surface area contributed by atoms with E-state index in [1.165, 1.54) is 0 Å². The van der Waals surface area contributed by atoms with Gasteiger partial charge in [-0.3, -0.25) is 0 Å². The van der Waals surface area contributed by atoms with E-state index >= 15 is 0 Å². The second-order valence-corrected chi connectivity index (χ2v) is 2.99. The minimum absolute atomic E-state index is 0.301. The number of hydrogen-bond donors (Lipinski definition) is 2. The second-order valence-electron chi connectivity index (χ2n) is 2.99. The van der Waals surface area contributed by atoms with Crippen molar-refractivity contribution in [3.05, 3.63) is 23.8 Å². The summed E-state index contributed by atoms with van der Waals surface area (Å²) in [6, 6.07) is 5.11. The fraction of sp³-hybridized carbons (Fsp3) is 0.400. The Balaban J connectivity index is 2.75. The molecule has 66 valence electrons. The van der Waals surface area contributed by atoms with Crippen LogP contribution in [0, 0.1) is 0 Å². The molecular weight excluding hydrogens is 150 g/mol. The highest BCUT2D eigenvalue weighted by Crippen LogP contribution is 2.19. The van der Waals surface area contributed by atoms with Gasteiger partial charge in [0.2, 0.25) is 0 Å². The van der Waals surface area contributed by atoms with E-state index in [2.05, 4.69) is 6.92 Å². The molecule has 0 aliphatic heterocycles. The van der Waals surface area contributed by atoms with E-state index < -0.39 is 0 Å². The standard InChI is InChI=1S/C10H15NO/c1-2-3-4-8-7-9(12)5-6-10(8)11/h5-7,12H,2-4,11H2,1H3.